The largest absolute Gasteiger partial charge is 0.457 e. The molecule has 5 heteroatoms. The standard InChI is InChI=1S/C19H18N2O3/c1-13-14(2)23-18(21-13)12-20-19(22)15-8-10-17(11-9-15)24-16-6-4-3-5-7-16/h3-11H,12H2,1-2H3,(H,20,22). The Bertz CT molecular complexity index is 804. The van der Waals surface area contributed by atoms with Crippen LogP contribution in [-0.4, -0.2) is 10.9 Å². The van der Waals surface area contributed by atoms with E-state index in [1.807, 2.05) is 44.2 Å². The third kappa shape index (κ3) is 3.81. The molecule has 122 valence electrons. The zero-order chi connectivity index (χ0) is 16.9. The van der Waals surface area contributed by atoms with Crippen LogP contribution in [0.15, 0.2) is 59.0 Å². The highest BCUT2D eigenvalue weighted by Crippen LogP contribution is 2.21. The maximum absolute atomic E-state index is 12.2. The molecule has 0 saturated heterocycles. The summed E-state index contributed by atoms with van der Waals surface area (Å²) < 4.78 is 11.1. The normalized spacial score (nSPS) is 10.4. The van der Waals surface area contributed by atoms with Crippen molar-refractivity contribution in [3.05, 3.63) is 77.5 Å². The van der Waals surface area contributed by atoms with Crippen molar-refractivity contribution in [2.24, 2.45) is 0 Å². The van der Waals surface area contributed by atoms with Gasteiger partial charge in [-0.3, -0.25) is 4.79 Å². The number of nitrogens with one attached hydrogen (secondary N) is 1. The number of aryl methyl sites for hydroxylation is 2. The first-order valence-electron chi connectivity index (χ1n) is 7.66. The van der Waals surface area contributed by atoms with Crippen LogP contribution >= 0.6 is 0 Å². The molecular formula is C19H18N2O3. The van der Waals surface area contributed by atoms with Crippen molar-refractivity contribution in [3.8, 4) is 11.5 Å². The number of para-hydroxylation sites is 1. The van der Waals surface area contributed by atoms with E-state index in [1.165, 1.54) is 0 Å². The molecule has 24 heavy (non-hydrogen) atoms. The molecule has 0 aliphatic rings. The van der Waals surface area contributed by atoms with Crippen LogP contribution in [0.3, 0.4) is 0 Å². The van der Waals surface area contributed by atoms with Crippen LogP contribution in [0.2, 0.25) is 0 Å². The lowest BCUT2D eigenvalue weighted by Gasteiger charge is -2.07. The molecule has 3 rings (SSSR count). The number of carbonyl (C=O) groups excluding carboxylic acids is 1. The van der Waals surface area contributed by atoms with Gasteiger partial charge in [0.2, 0.25) is 5.89 Å². The van der Waals surface area contributed by atoms with E-state index in [2.05, 4.69) is 10.3 Å². The summed E-state index contributed by atoms with van der Waals surface area (Å²) in [6.45, 7) is 3.98. The number of rotatable bonds is 5. The van der Waals surface area contributed by atoms with Gasteiger partial charge >= 0.3 is 0 Å². The predicted molar refractivity (Wildman–Crippen MR) is 90.1 cm³/mol. The van der Waals surface area contributed by atoms with Gasteiger partial charge in [-0.2, -0.15) is 0 Å². The molecule has 0 aliphatic heterocycles. The second-order valence-corrected chi connectivity index (χ2v) is 5.37. The van der Waals surface area contributed by atoms with E-state index in [4.69, 9.17) is 9.15 Å². The molecular weight excluding hydrogens is 304 g/mol. The molecule has 0 bridgehead atoms. The maximum atomic E-state index is 12.2. The summed E-state index contributed by atoms with van der Waals surface area (Å²) in [5, 5.41) is 2.79. The number of ether oxygens (including phenoxy) is 1. The molecule has 1 N–H and O–H groups in total. The summed E-state index contributed by atoms with van der Waals surface area (Å²) in [4.78, 5) is 16.4. The average molecular weight is 322 g/mol. The van der Waals surface area contributed by atoms with Crippen molar-refractivity contribution >= 4 is 5.91 Å². The molecule has 0 aliphatic carbocycles. The molecule has 0 radical (unpaired) electrons. The Morgan fingerprint density at radius 3 is 2.33 bits per heavy atom. The summed E-state index contributed by atoms with van der Waals surface area (Å²) in [6, 6.07) is 16.5. The first-order chi connectivity index (χ1) is 11.6. The van der Waals surface area contributed by atoms with Crippen molar-refractivity contribution in [2.45, 2.75) is 20.4 Å². The van der Waals surface area contributed by atoms with Crippen molar-refractivity contribution in [1.29, 1.82) is 0 Å². The Kier molecular flexibility index (Phi) is 4.61. The summed E-state index contributed by atoms with van der Waals surface area (Å²) in [5.41, 5.74) is 1.39. The van der Waals surface area contributed by atoms with E-state index >= 15 is 0 Å². The van der Waals surface area contributed by atoms with Gasteiger partial charge in [-0.05, 0) is 50.2 Å². The summed E-state index contributed by atoms with van der Waals surface area (Å²) in [6.07, 6.45) is 0. The zero-order valence-corrected chi connectivity index (χ0v) is 13.6. The minimum Gasteiger partial charge on any atom is -0.457 e. The molecule has 0 saturated carbocycles. The zero-order valence-electron chi connectivity index (χ0n) is 13.6. The summed E-state index contributed by atoms with van der Waals surface area (Å²) in [5.74, 6) is 2.51. The number of hydrogen-bond acceptors (Lipinski definition) is 4. The lowest BCUT2D eigenvalue weighted by Crippen LogP contribution is -2.22. The maximum Gasteiger partial charge on any atom is 0.251 e. The van der Waals surface area contributed by atoms with Crippen LogP contribution in [0.4, 0.5) is 0 Å². The second kappa shape index (κ2) is 7.00. The molecule has 0 fully saturated rings. The van der Waals surface area contributed by atoms with Gasteiger partial charge in [0.25, 0.3) is 5.91 Å². The minimum absolute atomic E-state index is 0.185. The van der Waals surface area contributed by atoms with Gasteiger partial charge in [0.1, 0.15) is 17.3 Å². The molecule has 3 aromatic rings. The Morgan fingerprint density at radius 2 is 1.71 bits per heavy atom. The van der Waals surface area contributed by atoms with Gasteiger partial charge in [0.15, 0.2) is 0 Å². The highest BCUT2D eigenvalue weighted by Gasteiger charge is 2.09. The third-order valence-corrected chi connectivity index (χ3v) is 3.57. The summed E-state index contributed by atoms with van der Waals surface area (Å²) in [7, 11) is 0. The number of hydrogen-bond donors (Lipinski definition) is 1. The number of benzene rings is 2. The predicted octanol–water partition coefficient (Wildman–Crippen LogP) is 4.01. The van der Waals surface area contributed by atoms with Gasteiger partial charge in [-0.15, -0.1) is 0 Å². The lowest BCUT2D eigenvalue weighted by atomic mass is 10.2. The average Bonchev–Trinajstić information content (AvgIpc) is 2.92. The molecule has 0 unspecified atom stereocenters. The van der Waals surface area contributed by atoms with E-state index in [-0.39, 0.29) is 12.5 Å². The van der Waals surface area contributed by atoms with Gasteiger partial charge in [-0.25, -0.2) is 4.98 Å². The second-order valence-electron chi connectivity index (χ2n) is 5.37. The number of aromatic nitrogens is 1. The van der Waals surface area contributed by atoms with E-state index in [9.17, 15) is 4.79 Å². The highest BCUT2D eigenvalue weighted by atomic mass is 16.5. The van der Waals surface area contributed by atoms with Gasteiger partial charge in [0.05, 0.1) is 12.2 Å². The molecule has 1 heterocycles. The van der Waals surface area contributed by atoms with E-state index < -0.39 is 0 Å². The van der Waals surface area contributed by atoms with Crippen molar-refractivity contribution in [2.75, 3.05) is 0 Å². The van der Waals surface area contributed by atoms with Crippen LogP contribution in [0, 0.1) is 13.8 Å². The van der Waals surface area contributed by atoms with Crippen LogP contribution in [-0.2, 0) is 6.54 Å². The molecule has 1 aromatic heterocycles. The Balaban J connectivity index is 1.59. The van der Waals surface area contributed by atoms with Crippen LogP contribution < -0.4 is 10.1 Å². The Hall–Kier alpha value is -3.08. The molecule has 2 aromatic carbocycles. The first-order valence-corrected chi connectivity index (χ1v) is 7.66. The lowest BCUT2D eigenvalue weighted by molar-refractivity contribution is 0.0947. The quantitative estimate of drug-likeness (QED) is 0.771. The minimum atomic E-state index is -0.185. The van der Waals surface area contributed by atoms with E-state index in [0.29, 0.717) is 17.2 Å². The fourth-order valence-corrected chi connectivity index (χ4v) is 2.17. The Morgan fingerprint density at radius 1 is 1.04 bits per heavy atom. The fraction of sp³-hybridized carbons (Fsp3) is 0.158. The number of amides is 1. The number of carbonyl (C=O) groups is 1. The van der Waals surface area contributed by atoms with Crippen LogP contribution in [0.1, 0.15) is 27.7 Å². The van der Waals surface area contributed by atoms with E-state index in [1.54, 1.807) is 24.3 Å². The van der Waals surface area contributed by atoms with Gasteiger partial charge in [-0.1, -0.05) is 18.2 Å². The highest BCUT2D eigenvalue weighted by molar-refractivity contribution is 5.94. The molecule has 1 amide bonds. The smallest absolute Gasteiger partial charge is 0.251 e. The van der Waals surface area contributed by atoms with Crippen molar-refractivity contribution in [3.63, 3.8) is 0 Å². The van der Waals surface area contributed by atoms with E-state index in [0.717, 1.165) is 17.2 Å². The van der Waals surface area contributed by atoms with Crippen LogP contribution in [0.5, 0.6) is 11.5 Å². The fourth-order valence-electron chi connectivity index (χ4n) is 2.17. The van der Waals surface area contributed by atoms with Gasteiger partial charge < -0.3 is 14.5 Å². The number of nitrogens with zero attached hydrogens (tertiary/aromatic N) is 1. The van der Waals surface area contributed by atoms with Crippen LogP contribution in [0.25, 0.3) is 0 Å². The van der Waals surface area contributed by atoms with Crippen molar-refractivity contribution in [1.82, 2.24) is 10.3 Å². The van der Waals surface area contributed by atoms with Crippen molar-refractivity contribution < 1.29 is 13.9 Å². The number of oxazole rings is 1. The molecule has 5 nitrogen and oxygen atoms in total. The van der Waals surface area contributed by atoms with Gasteiger partial charge in [0, 0.05) is 5.56 Å². The SMILES string of the molecule is Cc1nc(CNC(=O)c2ccc(Oc3ccccc3)cc2)oc1C. The topological polar surface area (TPSA) is 64.4 Å². The monoisotopic (exact) mass is 322 g/mol. The summed E-state index contributed by atoms with van der Waals surface area (Å²) >= 11 is 0. The third-order valence-electron chi connectivity index (χ3n) is 3.57. The molecule has 0 atom stereocenters. The Labute approximate surface area is 140 Å². The molecule has 0 spiro atoms. The first kappa shape index (κ1) is 15.8.